The number of rotatable bonds is 17. The molecular weight excluding hydrogens is 584 g/mol. The van der Waals surface area contributed by atoms with Gasteiger partial charge in [-0.2, -0.15) is 0 Å². The van der Waals surface area contributed by atoms with E-state index in [4.69, 9.17) is 17.2 Å². The minimum Gasteiger partial charge on any atom is -0.481 e. The van der Waals surface area contributed by atoms with Gasteiger partial charge in [-0.15, -0.1) is 0 Å². The van der Waals surface area contributed by atoms with Gasteiger partial charge in [0.15, 0.2) is 5.96 Å². The van der Waals surface area contributed by atoms with Crippen LogP contribution in [0.3, 0.4) is 0 Å². The summed E-state index contributed by atoms with van der Waals surface area (Å²) < 4.78 is 0. The molecule has 0 saturated heterocycles. The summed E-state index contributed by atoms with van der Waals surface area (Å²) in [5.41, 5.74) is 18.6. The number of hydrogen-bond acceptors (Lipinski definition) is 7. The zero-order valence-electron chi connectivity index (χ0n) is 24.4. The molecule has 15 nitrogen and oxygen atoms in total. The highest BCUT2D eigenvalue weighted by Gasteiger charge is 2.32. The van der Waals surface area contributed by atoms with E-state index in [1.165, 1.54) is 0 Å². The average Bonchev–Trinajstić information content (AvgIpc) is 3.40. The summed E-state index contributed by atoms with van der Waals surface area (Å²) in [6, 6.07) is 10.6. The molecule has 0 aliphatic carbocycles. The number of guanidine groups is 1. The van der Waals surface area contributed by atoms with Crippen molar-refractivity contribution >= 4 is 46.5 Å². The van der Waals surface area contributed by atoms with Crippen molar-refractivity contribution in [3.05, 3.63) is 71.9 Å². The van der Waals surface area contributed by atoms with Crippen LogP contribution in [0, 0.1) is 0 Å². The maximum Gasteiger partial charge on any atom is 0.326 e. The topological polar surface area (TPSA) is 268 Å². The number of nitrogens with zero attached hydrogens (tertiary/aromatic N) is 1. The summed E-state index contributed by atoms with van der Waals surface area (Å²) in [6.45, 7) is 0.217. The number of fused-ring (bicyclic) bond motifs is 1. The van der Waals surface area contributed by atoms with Crippen molar-refractivity contribution < 1.29 is 34.2 Å². The molecule has 0 spiro atoms. The van der Waals surface area contributed by atoms with Crippen molar-refractivity contribution in [2.75, 3.05) is 6.54 Å². The summed E-state index contributed by atoms with van der Waals surface area (Å²) in [6.07, 6.45) is 1.27. The molecule has 1 heterocycles. The number of H-pyrrole nitrogens is 1. The van der Waals surface area contributed by atoms with Gasteiger partial charge in [-0.25, -0.2) is 4.79 Å². The number of aliphatic carboxylic acids is 2. The lowest BCUT2D eigenvalue weighted by molar-refractivity contribution is -0.143. The van der Waals surface area contributed by atoms with E-state index >= 15 is 0 Å². The van der Waals surface area contributed by atoms with Crippen LogP contribution >= 0.6 is 0 Å². The van der Waals surface area contributed by atoms with Gasteiger partial charge in [0.05, 0.1) is 12.5 Å². The van der Waals surface area contributed by atoms with Crippen LogP contribution in [0.15, 0.2) is 65.8 Å². The van der Waals surface area contributed by atoms with Crippen LogP contribution in [0.1, 0.15) is 30.4 Å². The van der Waals surface area contributed by atoms with Gasteiger partial charge in [0, 0.05) is 36.5 Å². The molecule has 3 aromatic rings. The fraction of sp³-hybridized carbons (Fsp3) is 0.333. The Bertz CT molecular complexity index is 1520. The van der Waals surface area contributed by atoms with E-state index in [2.05, 4.69) is 25.9 Å². The van der Waals surface area contributed by atoms with Crippen molar-refractivity contribution in [3.63, 3.8) is 0 Å². The van der Waals surface area contributed by atoms with Crippen molar-refractivity contribution in [2.24, 2.45) is 22.2 Å². The summed E-state index contributed by atoms with van der Waals surface area (Å²) in [4.78, 5) is 70.3. The zero-order chi connectivity index (χ0) is 32.9. The van der Waals surface area contributed by atoms with Gasteiger partial charge in [0.25, 0.3) is 0 Å². The van der Waals surface area contributed by atoms with Gasteiger partial charge < -0.3 is 48.3 Å². The van der Waals surface area contributed by atoms with E-state index in [9.17, 15) is 34.2 Å². The van der Waals surface area contributed by atoms with Crippen LogP contribution in [-0.4, -0.2) is 81.5 Å². The molecule has 240 valence electrons. The molecule has 0 aliphatic heterocycles. The molecule has 0 fully saturated rings. The summed E-state index contributed by atoms with van der Waals surface area (Å²) in [5.74, 6) is -5.35. The normalized spacial score (nSPS) is 13.5. The molecular formula is C30H38N8O7. The first-order chi connectivity index (χ1) is 21.4. The standard InChI is InChI=1S/C30H38N8O7/c31-20(10-6-12-34-30(32)33)26(41)36-23(15-25(39)40)28(43)37-22(14-18-16-35-21-11-5-4-9-19(18)21)27(42)38-24(29(44)45)13-17-7-2-1-3-8-17/h1-5,7-9,11,16,20,22-24,35H,6,10,12-15,31H2,(H,36,41)(H,37,43)(H,38,42)(H,39,40)(H,44,45)(H4,32,33,34). The van der Waals surface area contributed by atoms with Crippen molar-refractivity contribution in [2.45, 2.75) is 56.3 Å². The van der Waals surface area contributed by atoms with E-state index in [0.717, 1.165) is 10.9 Å². The van der Waals surface area contributed by atoms with Gasteiger partial charge >= 0.3 is 11.9 Å². The number of aliphatic imine (C=N–C) groups is 1. The molecule has 3 rings (SSSR count). The minimum atomic E-state index is -1.59. The Morgan fingerprint density at radius 3 is 2.09 bits per heavy atom. The van der Waals surface area contributed by atoms with Gasteiger partial charge in [0.2, 0.25) is 17.7 Å². The largest absolute Gasteiger partial charge is 0.481 e. The number of carbonyl (C=O) groups is 5. The second-order valence-corrected chi connectivity index (χ2v) is 10.4. The lowest BCUT2D eigenvalue weighted by Crippen LogP contribution is -2.58. The monoisotopic (exact) mass is 622 g/mol. The van der Waals surface area contributed by atoms with Crippen LogP contribution in [-0.2, 0) is 36.8 Å². The first-order valence-electron chi connectivity index (χ1n) is 14.2. The number of carboxylic acid groups (broad SMARTS) is 2. The first kappa shape index (κ1) is 34.1. The molecule has 0 radical (unpaired) electrons. The highest BCUT2D eigenvalue weighted by Crippen LogP contribution is 2.19. The van der Waals surface area contributed by atoms with E-state index in [1.54, 1.807) is 42.6 Å². The Morgan fingerprint density at radius 2 is 1.42 bits per heavy atom. The smallest absolute Gasteiger partial charge is 0.326 e. The third kappa shape index (κ3) is 10.7. The van der Waals surface area contributed by atoms with Crippen LogP contribution in [0.5, 0.6) is 0 Å². The molecule has 45 heavy (non-hydrogen) atoms. The summed E-state index contributed by atoms with van der Waals surface area (Å²) >= 11 is 0. The van der Waals surface area contributed by atoms with E-state index in [-0.39, 0.29) is 31.8 Å². The van der Waals surface area contributed by atoms with Crippen LogP contribution in [0.25, 0.3) is 10.9 Å². The van der Waals surface area contributed by atoms with Crippen LogP contribution in [0.2, 0.25) is 0 Å². The average molecular weight is 623 g/mol. The highest BCUT2D eigenvalue weighted by molar-refractivity contribution is 5.96. The maximum atomic E-state index is 13.6. The quantitative estimate of drug-likeness (QED) is 0.0521. The Labute approximate surface area is 258 Å². The molecule has 0 saturated carbocycles. The lowest BCUT2D eigenvalue weighted by atomic mass is 10.0. The number of carbonyl (C=O) groups excluding carboxylic acids is 3. The molecule has 0 aliphatic rings. The maximum absolute atomic E-state index is 13.6. The molecule has 4 atom stereocenters. The van der Waals surface area contributed by atoms with Crippen molar-refractivity contribution in [1.29, 1.82) is 0 Å². The second kappa shape index (κ2) is 16.4. The highest BCUT2D eigenvalue weighted by atomic mass is 16.4. The van der Waals surface area contributed by atoms with E-state index in [1.807, 2.05) is 18.2 Å². The predicted molar refractivity (Wildman–Crippen MR) is 166 cm³/mol. The van der Waals surface area contributed by atoms with Crippen molar-refractivity contribution in [1.82, 2.24) is 20.9 Å². The molecule has 1 aromatic heterocycles. The third-order valence-corrected chi connectivity index (χ3v) is 6.95. The van der Waals surface area contributed by atoms with Crippen LogP contribution < -0.4 is 33.2 Å². The predicted octanol–water partition coefficient (Wildman–Crippen LogP) is -0.652. The van der Waals surface area contributed by atoms with Crippen LogP contribution in [0.4, 0.5) is 0 Å². The Morgan fingerprint density at radius 1 is 0.800 bits per heavy atom. The number of nitrogens with two attached hydrogens (primary N) is 3. The zero-order valence-corrected chi connectivity index (χ0v) is 24.4. The fourth-order valence-electron chi connectivity index (χ4n) is 4.64. The lowest BCUT2D eigenvalue weighted by Gasteiger charge is -2.25. The summed E-state index contributed by atoms with van der Waals surface area (Å²) in [5, 5.41) is 27.4. The first-order valence-corrected chi connectivity index (χ1v) is 14.2. The number of aromatic amines is 1. The number of amides is 3. The van der Waals surface area contributed by atoms with E-state index < -0.39 is 60.2 Å². The number of nitrogens with one attached hydrogen (secondary N) is 4. The Balaban J connectivity index is 1.81. The minimum absolute atomic E-state index is 0.0194. The van der Waals surface area contributed by atoms with Gasteiger partial charge in [-0.05, 0) is 30.0 Å². The number of carboxylic acids is 2. The SMILES string of the molecule is NC(N)=NCCCC(N)C(=O)NC(CC(=O)O)C(=O)NC(Cc1c[nH]c2ccccc12)C(=O)NC(Cc1ccccc1)C(=O)O. The molecule has 15 heteroatoms. The molecule has 4 unspecified atom stereocenters. The second-order valence-electron chi connectivity index (χ2n) is 10.4. The Hall–Kier alpha value is -5.44. The molecule has 12 N–H and O–H groups in total. The fourth-order valence-corrected chi connectivity index (χ4v) is 4.64. The summed E-state index contributed by atoms with van der Waals surface area (Å²) in [7, 11) is 0. The molecule has 2 aromatic carbocycles. The van der Waals surface area contributed by atoms with Crippen molar-refractivity contribution in [3.8, 4) is 0 Å². The third-order valence-electron chi connectivity index (χ3n) is 6.95. The van der Waals surface area contributed by atoms with Gasteiger partial charge in [-0.3, -0.25) is 24.2 Å². The number of aromatic nitrogens is 1. The van der Waals surface area contributed by atoms with Gasteiger partial charge in [-0.1, -0.05) is 48.5 Å². The van der Waals surface area contributed by atoms with E-state index in [0.29, 0.717) is 17.5 Å². The van der Waals surface area contributed by atoms with Gasteiger partial charge in [0.1, 0.15) is 18.1 Å². The molecule has 3 amide bonds. The Kier molecular flexibility index (Phi) is 12.4. The number of benzene rings is 2. The molecule has 0 bridgehead atoms. The number of hydrogen-bond donors (Lipinski definition) is 9. The number of para-hydroxylation sites is 1.